The minimum absolute atomic E-state index is 0.0328. The van der Waals surface area contributed by atoms with Crippen LogP contribution in [0.5, 0.6) is 5.75 Å². The van der Waals surface area contributed by atoms with Crippen LogP contribution in [0.15, 0.2) is 58.2 Å². The number of hydrogen-bond donors (Lipinski definition) is 1. The number of furan rings is 1. The first kappa shape index (κ1) is 19.1. The number of thiophene rings is 1. The van der Waals surface area contributed by atoms with Gasteiger partial charge in [0.1, 0.15) is 16.3 Å². The second kappa shape index (κ2) is 8.08. The third-order valence-electron chi connectivity index (χ3n) is 5.71. The maximum Gasteiger partial charge on any atom is 0.262 e. The lowest BCUT2D eigenvalue weighted by Crippen LogP contribution is -2.33. The number of nitrogens with zero attached hydrogens (tertiary/aromatic N) is 2. The Balaban J connectivity index is 1.41. The summed E-state index contributed by atoms with van der Waals surface area (Å²) >= 11 is 1.65. The van der Waals surface area contributed by atoms with Gasteiger partial charge in [0.2, 0.25) is 0 Å². The number of para-hydroxylation sites is 1. The van der Waals surface area contributed by atoms with Gasteiger partial charge in [0.15, 0.2) is 0 Å². The van der Waals surface area contributed by atoms with Gasteiger partial charge >= 0.3 is 0 Å². The topological polar surface area (TPSA) is 69.3 Å². The van der Waals surface area contributed by atoms with Gasteiger partial charge in [-0.05, 0) is 43.0 Å². The molecule has 0 radical (unpaired) electrons. The van der Waals surface area contributed by atoms with Crippen molar-refractivity contribution in [2.75, 3.05) is 7.11 Å². The standard InChI is InChI=1S/C23H23N3O3S/c1-28-19-7-3-2-5-15(19)13-26-14-25-22-21(23(26)27)18-9-8-16(11-20(18)30-22)24-12-17-6-4-10-29-17/h2-7,10,14,16,24H,8-9,11-13H2,1H3. The van der Waals surface area contributed by atoms with Crippen molar-refractivity contribution in [1.29, 1.82) is 0 Å². The van der Waals surface area contributed by atoms with E-state index >= 15 is 0 Å². The van der Waals surface area contributed by atoms with Crippen molar-refractivity contribution < 1.29 is 9.15 Å². The summed E-state index contributed by atoms with van der Waals surface area (Å²) in [7, 11) is 1.65. The zero-order valence-corrected chi connectivity index (χ0v) is 17.6. The van der Waals surface area contributed by atoms with E-state index in [9.17, 15) is 4.79 Å². The van der Waals surface area contributed by atoms with Crippen LogP contribution in [-0.4, -0.2) is 22.7 Å². The quantitative estimate of drug-likeness (QED) is 0.513. The Hall–Kier alpha value is -2.90. The van der Waals surface area contributed by atoms with Crippen LogP contribution in [0.1, 0.15) is 28.2 Å². The van der Waals surface area contributed by atoms with E-state index in [1.807, 2.05) is 36.4 Å². The van der Waals surface area contributed by atoms with E-state index in [0.717, 1.165) is 53.1 Å². The molecule has 5 rings (SSSR count). The molecular weight excluding hydrogens is 398 g/mol. The van der Waals surface area contributed by atoms with Crippen molar-refractivity contribution >= 4 is 21.6 Å². The summed E-state index contributed by atoms with van der Waals surface area (Å²) in [5.74, 6) is 1.72. The Morgan fingerprint density at radius 3 is 3.03 bits per heavy atom. The lowest BCUT2D eigenvalue weighted by atomic mass is 9.93. The molecule has 4 aromatic rings. The summed E-state index contributed by atoms with van der Waals surface area (Å²) < 4.78 is 12.5. The highest BCUT2D eigenvalue weighted by molar-refractivity contribution is 7.18. The zero-order chi connectivity index (χ0) is 20.5. The van der Waals surface area contributed by atoms with Gasteiger partial charge in [-0.3, -0.25) is 9.36 Å². The number of rotatable bonds is 6. The first-order valence-corrected chi connectivity index (χ1v) is 10.9. The van der Waals surface area contributed by atoms with Crippen molar-refractivity contribution in [3.63, 3.8) is 0 Å². The minimum atomic E-state index is 0.0328. The first-order chi connectivity index (χ1) is 14.7. The molecule has 1 aliphatic rings. The summed E-state index contributed by atoms with van der Waals surface area (Å²) in [5.41, 5.74) is 2.18. The number of fused-ring (bicyclic) bond motifs is 3. The molecule has 1 atom stereocenters. The summed E-state index contributed by atoms with van der Waals surface area (Å²) in [4.78, 5) is 20.0. The van der Waals surface area contributed by atoms with E-state index in [1.54, 1.807) is 35.6 Å². The van der Waals surface area contributed by atoms with Crippen LogP contribution in [0.3, 0.4) is 0 Å². The van der Waals surface area contributed by atoms with Gasteiger partial charge in [-0.1, -0.05) is 18.2 Å². The van der Waals surface area contributed by atoms with Crippen LogP contribution in [0.2, 0.25) is 0 Å². The molecule has 0 bridgehead atoms. The highest BCUT2D eigenvalue weighted by atomic mass is 32.1. The molecule has 6 nitrogen and oxygen atoms in total. The second-order valence-electron chi connectivity index (χ2n) is 7.57. The maximum absolute atomic E-state index is 13.3. The summed E-state index contributed by atoms with van der Waals surface area (Å²) in [6.45, 7) is 1.17. The first-order valence-electron chi connectivity index (χ1n) is 10.1. The van der Waals surface area contributed by atoms with Crippen molar-refractivity contribution in [3.8, 4) is 5.75 Å². The summed E-state index contributed by atoms with van der Waals surface area (Å²) in [5, 5.41) is 4.36. The van der Waals surface area contributed by atoms with E-state index in [-0.39, 0.29) is 5.56 Å². The molecule has 1 aliphatic carbocycles. The minimum Gasteiger partial charge on any atom is -0.496 e. The lowest BCUT2D eigenvalue weighted by Gasteiger charge is -2.23. The van der Waals surface area contributed by atoms with Crippen LogP contribution in [0.4, 0.5) is 0 Å². The molecule has 7 heteroatoms. The monoisotopic (exact) mass is 421 g/mol. The molecule has 3 heterocycles. The molecule has 0 saturated carbocycles. The third kappa shape index (κ3) is 3.55. The smallest absolute Gasteiger partial charge is 0.262 e. The molecule has 3 aromatic heterocycles. The number of ether oxygens (including phenoxy) is 1. The number of aryl methyl sites for hydroxylation is 1. The molecule has 0 amide bonds. The fraction of sp³-hybridized carbons (Fsp3) is 0.304. The molecule has 0 saturated heterocycles. The molecular formula is C23H23N3O3S. The van der Waals surface area contributed by atoms with Gasteiger partial charge in [-0.2, -0.15) is 0 Å². The highest BCUT2D eigenvalue weighted by Crippen LogP contribution is 2.34. The second-order valence-corrected chi connectivity index (χ2v) is 8.66. The SMILES string of the molecule is COc1ccccc1Cn1cnc2sc3c(c2c1=O)CCC(NCc1ccco1)C3. The molecule has 0 fully saturated rings. The Morgan fingerprint density at radius 1 is 1.30 bits per heavy atom. The molecule has 1 N–H and O–H groups in total. The van der Waals surface area contributed by atoms with Gasteiger partial charge in [-0.15, -0.1) is 11.3 Å². The fourth-order valence-electron chi connectivity index (χ4n) is 4.16. The largest absolute Gasteiger partial charge is 0.496 e. The van der Waals surface area contributed by atoms with E-state index in [2.05, 4.69) is 10.3 Å². The number of methoxy groups -OCH3 is 1. The van der Waals surface area contributed by atoms with E-state index < -0.39 is 0 Å². The van der Waals surface area contributed by atoms with Crippen LogP contribution < -0.4 is 15.6 Å². The van der Waals surface area contributed by atoms with Crippen LogP contribution in [0.25, 0.3) is 10.2 Å². The van der Waals surface area contributed by atoms with Crippen molar-refractivity contribution in [3.05, 3.63) is 81.1 Å². The lowest BCUT2D eigenvalue weighted by molar-refractivity contribution is 0.408. The van der Waals surface area contributed by atoms with Gasteiger partial charge in [-0.25, -0.2) is 4.98 Å². The summed E-state index contributed by atoms with van der Waals surface area (Å²) in [6, 6.07) is 12.0. The third-order valence-corrected chi connectivity index (χ3v) is 6.88. The predicted molar refractivity (Wildman–Crippen MR) is 117 cm³/mol. The number of hydrogen-bond acceptors (Lipinski definition) is 6. The molecule has 1 unspecified atom stereocenters. The van der Waals surface area contributed by atoms with Gasteiger partial charge in [0.05, 0.1) is 38.2 Å². The molecule has 154 valence electrons. The zero-order valence-electron chi connectivity index (χ0n) is 16.8. The van der Waals surface area contributed by atoms with Crippen LogP contribution >= 0.6 is 11.3 Å². The Bertz CT molecular complexity index is 1230. The highest BCUT2D eigenvalue weighted by Gasteiger charge is 2.25. The van der Waals surface area contributed by atoms with Crippen LogP contribution in [-0.2, 0) is 25.9 Å². The summed E-state index contributed by atoms with van der Waals surface area (Å²) in [6.07, 6.45) is 6.17. The van der Waals surface area contributed by atoms with Crippen molar-refractivity contribution in [2.45, 2.75) is 38.4 Å². The van der Waals surface area contributed by atoms with Gasteiger partial charge in [0, 0.05) is 16.5 Å². The molecule has 30 heavy (non-hydrogen) atoms. The Labute approximate surface area is 178 Å². The average molecular weight is 422 g/mol. The van der Waals surface area contributed by atoms with Crippen LogP contribution in [0, 0.1) is 0 Å². The number of aromatic nitrogens is 2. The number of nitrogens with one attached hydrogen (secondary N) is 1. The predicted octanol–water partition coefficient (Wildman–Crippen LogP) is 3.76. The maximum atomic E-state index is 13.3. The fourth-order valence-corrected chi connectivity index (χ4v) is 5.42. The molecule has 1 aromatic carbocycles. The van der Waals surface area contributed by atoms with E-state index in [4.69, 9.17) is 9.15 Å². The average Bonchev–Trinajstić information content (AvgIpc) is 3.42. The Kier molecular flexibility index (Phi) is 5.14. The van der Waals surface area contributed by atoms with E-state index in [0.29, 0.717) is 12.6 Å². The number of benzene rings is 1. The van der Waals surface area contributed by atoms with E-state index in [1.165, 1.54) is 10.4 Å². The van der Waals surface area contributed by atoms with Crippen molar-refractivity contribution in [2.24, 2.45) is 0 Å². The van der Waals surface area contributed by atoms with Gasteiger partial charge in [0.25, 0.3) is 5.56 Å². The Morgan fingerprint density at radius 2 is 2.20 bits per heavy atom. The molecule has 0 spiro atoms. The van der Waals surface area contributed by atoms with Crippen molar-refractivity contribution in [1.82, 2.24) is 14.9 Å². The normalized spacial score (nSPS) is 16.0. The molecule has 0 aliphatic heterocycles. The van der Waals surface area contributed by atoms with Gasteiger partial charge < -0.3 is 14.5 Å².